The first-order chi connectivity index (χ1) is 8.31. The quantitative estimate of drug-likeness (QED) is 0.719. The lowest BCUT2D eigenvalue weighted by molar-refractivity contribution is -0.180. The van der Waals surface area contributed by atoms with Crippen molar-refractivity contribution in [3.8, 4) is 0 Å². The standard InChI is InChI=1S/C11H21F3N2OS/c1-8(18-2)4-6-16-10(17)7-9(3-5-15)11(12,13)14/h8-9H,3-7,15H2,1-2H3,(H,16,17). The first-order valence-electron chi connectivity index (χ1n) is 5.87. The number of hydrogen-bond donors (Lipinski definition) is 2. The van der Waals surface area contributed by atoms with Crippen molar-refractivity contribution in [2.45, 2.75) is 37.6 Å². The van der Waals surface area contributed by atoms with Gasteiger partial charge < -0.3 is 11.1 Å². The molecule has 18 heavy (non-hydrogen) atoms. The number of nitrogens with two attached hydrogens (primary N) is 1. The van der Waals surface area contributed by atoms with Gasteiger partial charge in [-0.25, -0.2) is 0 Å². The molecule has 0 aromatic rings. The molecule has 2 atom stereocenters. The van der Waals surface area contributed by atoms with Crippen LogP contribution in [0, 0.1) is 5.92 Å². The number of thioether (sulfide) groups is 1. The highest BCUT2D eigenvalue weighted by Crippen LogP contribution is 2.30. The van der Waals surface area contributed by atoms with Crippen LogP contribution in [0.15, 0.2) is 0 Å². The number of alkyl halides is 3. The summed E-state index contributed by atoms with van der Waals surface area (Å²) in [6.07, 6.45) is -2.40. The largest absolute Gasteiger partial charge is 0.392 e. The molecule has 0 rings (SSSR count). The smallest absolute Gasteiger partial charge is 0.356 e. The molecule has 0 bridgehead atoms. The Hall–Kier alpha value is -0.430. The molecule has 3 N–H and O–H groups in total. The van der Waals surface area contributed by atoms with E-state index < -0.39 is 24.4 Å². The monoisotopic (exact) mass is 286 g/mol. The molecule has 108 valence electrons. The summed E-state index contributed by atoms with van der Waals surface area (Å²) in [5.41, 5.74) is 5.13. The Morgan fingerprint density at radius 1 is 1.39 bits per heavy atom. The lowest BCUT2D eigenvalue weighted by Crippen LogP contribution is -2.33. The fourth-order valence-corrected chi connectivity index (χ4v) is 1.76. The molecular formula is C11H21F3N2OS. The van der Waals surface area contributed by atoms with Gasteiger partial charge in [0.2, 0.25) is 5.91 Å². The first-order valence-corrected chi connectivity index (χ1v) is 7.16. The third-order valence-electron chi connectivity index (χ3n) is 2.69. The number of hydrogen-bond acceptors (Lipinski definition) is 3. The van der Waals surface area contributed by atoms with E-state index in [9.17, 15) is 18.0 Å². The highest BCUT2D eigenvalue weighted by Gasteiger charge is 2.39. The van der Waals surface area contributed by atoms with Crippen molar-refractivity contribution in [3.63, 3.8) is 0 Å². The molecule has 1 amide bonds. The number of halogens is 3. The van der Waals surface area contributed by atoms with Crippen molar-refractivity contribution < 1.29 is 18.0 Å². The van der Waals surface area contributed by atoms with Crippen molar-refractivity contribution in [2.75, 3.05) is 19.3 Å². The van der Waals surface area contributed by atoms with Crippen LogP contribution in [0.5, 0.6) is 0 Å². The molecule has 0 aromatic carbocycles. The number of amides is 1. The molecule has 2 unspecified atom stereocenters. The first kappa shape index (κ1) is 17.6. The van der Waals surface area contributed by atoms with Crippen LogP contribution < -0.4 is 11.1 Å². The average molecular weight is 286 g/mol. The second kappa shape index (κ2) is 8.63. The highest BCUT2D eigenvalue weighted by molar-refractivity contribution is 7.99. The minimum absolute atomic E-state index is 0.0685. The molecule has 7 heteroatoms. The normalized spacial score (nSPS) is 15.2. The lowest BCUT2D eigenvalue weighted by Gasteiger charge is -2.19. The molecule has 0 radical (unpaired) electrons. The van der Waals surface area contributed by atoms with Crippen LogP contribution in [-0.2, 0) is 4.79 Å². The molecule has 0 aliphatic rings. The summed E-state index contributed by atoms with van der Waals surface area (Å²) in [5, 5.41) is 2.90. The van der Waals surface area contributed by atoms with Crippen LogP contribution in [0.2, 0.25) is 0 Å². The van der Waals surface area contributed by atoms with Gasteiger partial charge in [-0.05, 0) is 25.6 Å². The van der Waals surface area contributed by atoms with Gasteiger partial charge in [-0.2, -0.15) is 24.9 Å². The number of carbonyl (C=O) groups is 1. The Morgan fingerprint density at radius 2 is 2.00 bits per heavy atom. The van der Waals surface area contributed by atoms with Gasteiger partial charge in [0.25, 0.3) is 0 Å². The molecule has 0 saturated carbocycles. The summed E-state index contributed by atoms with van der Waals surface area (Å²) >= 11 is 1.65. The van der Waals surface area contributed by atoms with E-state index in [1.807, 2.05) is 13.2 Å². The predicted molar refractivity (Wildman–Crippen MR) is 68.4 cm³/mol. The molecule has 0 aromatic heterocycles. The molecule has 0 aliphatic heterocycles. The Bertz CT molecular complexity index is 249. The molecule has 0 spiro atoms. The summed E-state index contributed by atoms with van der Waals surface area (Å²) < 4.78 is 37.6. The van der Waals surface area contributed by atoms with Crippen LogP contribution in [-0.4, -0.2) is 36.7 Å². The van der Waals surface area contributed by atoms with Crippen LogP contribution in [0.25, 0.3) is 0 Å². The third-order valence-corrected chi connectivity index (χ3v) is 3.73. The predicted octanol–water partition coefficient (Wildman–Crippen LogP) is 2.16. The summed E-state index contributed by atoms with van der Waals surface area (Å²) in [6.45, 7) is 2.35. The maximum absolute atomic E-state index is 12.5. The Kier molecular flexibility index (Phi) is 8.43. The van der Waals surface area contributed by atoms with Gasteiger partial charge in [-0.1, -0.05) is 6.92 Å². The van der Waals surface area contributed by atoms with E-state index >= 15 is 0 Å². The van der Waals surface area contributed by atoms with Crippen LogP contribution >= 0.6 is 11.8 Å². The molecule has 0 heterocycles. The van der Waals surface area contributed by atoms with E-state index in [1.165, 1.54) is 0 Å². The van der Waals surface area contributed by atoms with Gasteiger partial charge in [0.1, 0.15) is 0 Å². The topological polar surface area (TPSA) is 55.1 Å². The maximum atomic E-state index is 12.5. The molecule has 0 aliphatic carbocycles. The van der Waals surface area contributed by atoms with Crippen LogP contribution in [0.3, 0.4) is 0 Å². The van der Waals surface area contributed by atoms with E-state index in [4.69, 9.17) is 5.73 Å². The van der Waals surface area contributed by atoms with Crippen LogP contribution in [0.1, 0.15) is 26.2 Å². The zero-order valence-electron chi connectivity index (χ0n) is 10.7. The van der Waals surface area contributed by atoms with E-state index in [1.54, 1.807) is 11.8 Å². The zero-order valence-corrected chi connectivity index (χ0v) is 11.5. The lowest BCUT2D eigenvalue weighted by atomic mass is 10.0. The van der Waals surface area contributed by atoms with Crippen molar-refractivity contribution >= 4 is 17.7 Å². The van der Waals surface area contributed by atoms with Crippen molar-refractivity contribution in [1.82, 2.24) is 5.32 Å². The van der Waals surface area contributed by atoms with Crippen molar-refractivity contribution in [2.24, 2.45) is 11.7 Å². The van der Waals surface area contributed by atoms with Crippen molar-refractivity contribution in [3.05, 3.63) is 0 Å². The number of carbonyl (C=O) groups excluding carboxylic acids is 1. The van der Waals surface area contributed by atoms with Gasteiger partial charge >= 0.3 is 6.18 Å². The fraction of sp³-hybridized carbons (Fsp3) is 0.909. The number of nitrogens with one attached hydrogen (secondary N) is 1. The zero-order chi connectivity index (χ0) is 14.2. The highest BCUT2D eigenvalue weighted by atomic mass is 32.2. The van der Waals surface area contributed by atoms with E-state index in [2.05, 4.69) is 5.32 Å². The second-order valence-electron chi connectivity index (χ2n) is 4.20. The Balaban J connectivity index is 4.03. The SMILES string of the molecule is CSC(C)CCNC(=O)CC(CCN)C(F)(F)F. The summed E-state index contributed by atoms with van der Waals surface area (Å²) in [5.74, 6) is -2.19. The molecule has 0 saturated heterocycles. The molecule has 3 nitrogen and oxygen atoms in total. The summed E-state index contributed by atoms with van der Waals surface area (Å²) in [4.78, 5) is 11.4. The average Bonchev–Trinajstić information content (AvgIpc) is 2.27. The molecule has 0 fully saturated rings. The number of rotatable bonds is 8. The van der Waals surface area contributed by atoms with Gasteiger partial charge in [0, 0.05) is 18.2 Å². The second-order valence-corrected chi connectivity index (χ2v) is 5.48. The van der Waals surface area contributed by atoms with E-state index in [0.717, 1.165) is 6.42 Å². The van der Waals surface area contributed by atoms with Gasteiger partial charge in [0.05, 0.1) is 5.92 Å². The summed E-state index contributed by atoms with van der Waals surface area (Å²) in [7, 11) is 0. The maximum Gasteiger partial charge on any atom is 0.392 e. The Labute approximate surface area is 110 Å². The van der Waals surface area contributed by atoms with Gasteiger partial charge in [-0.15, -0.1) is 0 Å². The Morgan fingerprint density at radius 3 is 2.44 bits per heavy atom. The van der Waals surface area contributed by atoms with Crippen LogP contribution in [0.4, 0.5) is 13.2 Å². The van der Waals surface area contributed by atoms with E-state index in [-0.39, 0.29) is 13.0 Å². The minimum Gasteiger partial charge on any atom is -0.356 e. The van der Waals surface area contributed by atoms with E-state index in [0.29, 0.717) is 11.8 Å². The van der Waals surface area contributed by atoms with Gasteiger partial charge in [-0.3, -0.25) is 4.79 Å². The fourth-order valence-electron chi connectivity index (χ4n) is 1.41. The molecular weight excluding hydrogens is 265 g/mol. The summed E-state index contributed by atoms with van der Waals surface area (Å²) in [6, 6.07) is 0. The minimum atomic E-state index is -4.36. The van der Waals surface area contributed by atoms with Gasteiger partial charge in [0.15, 0.2) is 0 Å². The third kappa shape index (κ3) is 7.81. The van der Waals surface area contributed by atoms with Crippen molar-refractivity contribution in [1.29, 1.82) is 0 Å².